The first-order valence-corrected chi connectivity index (χ1v) is 10.5. The lowest BCUT2D eigenvalue weighted by atomic mass is 9.66. The van der Waals surface area contributed by atoms with Gasteiger partial charge in [0.2, 0.25) is 0 Å². The Labute approximate surface area is 160 Å². The number of nitrogens with one attached hydrogen (secondary N) is 1. The number of rotatable bonds is 9. The topological polar surface area (TPSA) is 64.3 Å². The van der Waals surface area contributed by atoms with E-state index >= 15 is 0 Å². The molecule has 1 saturated carbocycles. The third-order valence-electron chi connectivity index (χ3n) is 5.01. The standard InChI is InChI=1S/C19H28N2O2S2/c1-23-17(22)16(13-14-5-7-15(20)8-6-14)21-18(24)19(9-3-10-19)11-4-12-25-2/h5-8,16H,3-4,9-13,20H2,1-2H3,(H,21,24)/t16-/m1/s1. The van der Waals surface area contributed by atoms with Gasteiger partial charge in [-0.3, -0.25) is 0 Å². The highest BCUT2D eigenvalue weighted by Gasteiger charge is 2.41. The van der Waals surface area contributed by atoms with Gasteiger partial charge in [-0.1, -0.05) is 30.8 Å². The van der Waals surface area contributed by atoms with Gasteiger partial charge in [0.25, 0.3) is 0 Å². The largest absolute Gasteiger partial charge is 0.467 e. The fourth-order valence-electron chi connectivity index (χ4n) is 3.29. The average Bonchev–Trinajstić information content (AvgIpc) is 2.57. The Morgan fingerprint density at radius 3 is 2.60 bits per heavy atom. The second-order valence-corrected chi connectivity index (χ2v) is 8.12. The molecule has 1 aliphatic carbocycles. The van der Waals surface area contributed by atoms with Gasteiger partial charge >= 0.3 is 5.97 Å². The molecule has 0 aliphatic heterocycles. The third-order valence-corrected chi connectivity index (χ3v) is 6.25. The molecule has 25 heavy (non-hydrogen) atoms. The van der Waals surface area contributed by atoms with Crippen molar-refractivity contribution in [2.24, 2.45) is 5.41 Å². The van der Waals surface area contributed by atoms with Crippen molar-refractivity contribution in [2.45, 2.75) is 44.6 Å². The van der Waals surface area contributed by atoms with E-state index in [0.717, 1.165) is 42.0 Å². The number of hydrogen-bond donors (Lipinski definition) is 2. The van der Waals surface area contributed by atoms with Crippen LogP contribution in [0.2, 0.25) is 0 Å². The smallest absolute Gasteiger partial charge is 0.328 e. The van der Waals surface area contributed by atoms with E-state index in [-0.39, 0.29) is 11.4 Å². The lowest BCUT2D eigenvalue weighted by Crippen LogP contribution is -2.51. The van der Waals surface area contributed by atoms with E-state index in [1.54, 1.807) is 0 Å². The summed E-state index contributed by atoms with van der Waals surface area (Å²) in [6.07, 6.45) is 8.35. The van der Waals surface area contributed by atoms with E-state index in [9.17, 15) is 4.79 Å². The number of anilines is 1. The van der Waals surface area contributed by atoms with Gasteiger partial charge in [-0.25, -0.2) is 4.79 Å². The molecule has 1 aliphatic rings. The molecule has 0 spiro atoms. The molecular formula is C19H28N2O2S2. The monoisotopic (exact) mass is 380 g/mol. The fourth-order valence-corrected chi connectivity index (χ4v) is 4.17. The molecular weight excluding hydrogens is 352 g/mol. The first kappa shape index (κ1) is 20.0. The van der Waals surface area contributed by atoms with Gasteiger partial charge < -0.3 is 15.8 Å². The summed E-state index contributed by atoms with van der Waals surface area (Å²) in [6, 6.07) is 7.11. The van der Waals surface area contributed by atoms with E-state index in [2.05, 4.69) is 11.6 Å². The normalized spacial score (nSPS) is 16.6. The lowest BCUT2D eigenvalue weighted by Gasteiger charge is -2.43. The maximum atomic E-state index is 12.2. The molecule has 3 N–H and O–H groups in total. The molecule has 2 rings (SSSR count). The summed E-state index contributed by atoms with van der Waals surface area (Å²) in [5, 5.41) is 3.32. The Balaban J connectivity index is 2.03. The maximum Gasteiger partial charge on any atom is 0.328 e. The van der Waals surface area contributed by atoms with E-state index < -0.39 is 6.04 Å². The summed E-state index contributed by atoms with van der Waals surface area (Å²) < 4.78 is 4.98. The van der Waals surface area contributed by atoms with Crippen LogP contribution in [0, 0.1) is 5.41 Å². The second kappa shape index (κ2) is 9.43. The molecule has 4 nitrogen and oxygen atoms in total. The zero-order chi connectivity index (χ0) is 18.3. The Kier molecular flexibility index (Phi) is 7.56. The van der Waals surface area contributed by atoms with Crippen molar-refractivity contribution in [3.63, 3.8) is 0 Å². The molecule has 6 heteroatoms. The highest BCUT2D eigenvalue weighted by molar-refractivity contribution is 7.98. The summed E-state index contributed by atoms with van der Waals surface area (Å²) in [4.78, 5) is 13.1. The highest BCUT2D eigenvalue weighted by atomic mass is 32.2. The van der Waals surface area contributed by atoms with Crippen molar-refractivity contribution in [1.29, 1.82) is 0 Å². The van der Waals surface area contributed by atoms with Gasteiger partial charge in [-0.15, -0.1) is 0 Å². The van der Waals surface area contributed by atoms with E-state index in [4.69, 9.17) is 22.7 Å². The number of carbonyl (C=O) groups excluding carboxylic acids is 1. The minimum atomic E-state index is -0.459. The van der Waals surface area contributed by atoms with E-state index in [1.165, 1.54) is 13.5 Å². The molecule has 138 valence electrons. The molecule has 1 fully saturated rings. The van der Waals surface area contributed by atoms with Gasteiger partial charge in [0.05, 0.1) is 12.1 Å². The van der Waals surface area contributed by atoms with Crippen LogP contribution in [0.4, 0.5) is 5.69 Å². The average molecular weight is 381 g/mol. The molecule has 0 aromatic heterocycles. The predicted octanol–water partition coefficient (Wildman–Crippen LogP) is 3.58. The Morgan fingerprint density at radius 2 is 2.08 bits per heavy atom. The van der Waals surface area contributed by atoms with Crippen LogP contribution in [0.3, 0.4) is 0 Å². The van der Waals surface area contributed by atoms with Crippen molar-refractivity contribution < 1.29 is 9.53 Å². The Morgan fingerprint density at radius 1 is 1.40 bits per heavy atom. The van der Waals surface area contributed by atoms with Crippen LogP contribution in [0.25, 0.3) is 0 Å². The van der Waals surface area contributed by atoms with E-state index in [1.807, 2.05) is 36.0 Å². The number of carbonyl (C=O) groups is 1. The Bertz CT molecular complexity index is 586. The number of nitrogens with two attached hydrogens (primary N) is 1. The van der Waals surface area contributed by atoms with Gasteiger partial charge in [-0.05, 0) is 55.4 Å². The molecule has 0 saturated heterocycles. The molecule has 1 atom stereocenters. The number of nitrogen functional groups attached to an aromatic ring is 1. The number of hydrogen-bond acceptors (Lipinski definition) is 5. The molecule has 0 radical (unpaired) electrons. The van der Waals surface area contributed by atoms with Crippen molar-refractivity contribution in [1.82, 2.24) is 5.32 Å². The number of thiocarbonyl (C=S) groups is 1. The maximum absolute atomic E-state index is 12.2. The van der Waals surface area contributed by atoms with Crippen LogP contribution in [-0.4, -0.2) is 36.1 Å². The summed E-state index contributed by atoms with van der Waals surface area (Å²) in [5.41, 5.74) is 7.55. The van der Waals surface area contributed by atoms with Crippen LogP contribution in [0.1, 0.15) is 37.7 Å². The molecule has 0 unspecified atom stereocenters. The molecule has 0 amide bonds. The summed E-state index contributed by atoms with van der Waals surface area (Å²) in [5.74, 6) is 0.869. The summed E-state index contributed by atoms with van der Waals surface area (Å²) in [7, 11) is 1.42. The lowest BCUT2D eigenvalue weighted by molar-refractivity contribution is -0.142. The van der Waals surface area contributed by atoms with Crippen LogP contribution in [0.5, 0.6) is 0 Å². The van der Waals surface area contributed by atoms with Crippen LogP contribution in [0.15, 0.2) is 24.3 Å². The molecule has 0 heterocycles. The van der Waals surface area contributed by atoms with Crippen LogP contribution >= 0.6 is 24.0 Å². The van der Waals surface area contributed by atoms with Crippen molar-refractivity contribution in [3.8, 4) is 0 Å². The minimum absolute atomic E-state index is 0.0679. The van der Waals surface area contributed by atoms with Gasteiger partial charge in [-0.2, -0.15) is 11.8 Å². The summed E-state index contributed by atoms with van der Waals surface area (Å²) in [6.45, 7) is 0. The predicted molar refractivity (Wildman–Crippen MR) is 110 cm³/mol. The number of benzene rings is 1. The quantitative estimate of drug-likeness (QED) is 0.295. The zero-order valence-corrected chi connectivity index (χ0v) is 16.7. The number of methoxy groups -OCH3 is 1. The molecule has 1 aromatic rings. The van der Waals surface area contributed by atoms with Gasteiger partial charge in [0.15, 0.2) is 0 Å². The van der Waals surface area contributed by atoms with E-state index in [0.29, 0.717) is 12.1 Å². The fraction of sp³-hybridized carbons (Fsp3) is 0.579. The SMILES string of the molecule is COC(=O)[C@@H](Cc1ccc(N)cc1)NC(=S)C1(CCCSC)CCC1. The first-order chi connectivity index (χ1) is 12.0. The Hall–Kier alpha value is -1.27. The van der Waals surface area contributed by atoms with Crippen LogP contribution < -0.4 is 11.1 Å². The minimum Gasteiger partial charge on any atom is -0.467 e. The van der Waals surface area contributed by atoms with Gasteiger partial charge in [0, 0.05) is 17.5 Å². The number of esters is 1. The van der Waals surface area contributed by atoms with Crippen molar-refractivity contribution in [2.75, 3.05) is 24.9 Å². The first-order valence-electron chi connectivity index (χ1n) is 8.73. The second-order valence-electron chi connectivity index (χ2n) is 6.73. The van der Waals surface area contributed by atoms with Crippen molar-refractivity contribution >= 4 is 40.6 Å². The number of ether oxygens (including phenoxy) is 1. The zero-order valence-electron chi connectivity index (χ0n) is 15.0. The highest BCUT2D eigenvalue weighted by Crippen LogP contribution is 2.46. The van der Waals surface area contributed by atoms with Crippen LogP contribution in [-0.2, 0) is 16.0 Å². The van der Waals surface area contributed by atoms with Crippen molar-refractivity contribution in [3.05, 3.63) is 29.8 Å². The molecule has 1 aromatic carbocycles. The summed E-state index contributed by atoms with van der Waals surface area (Å²) >= 11 is 7.59. The van der Waals surface area contributed by atoms with Gasteiger partial charge in [0.1, 0.15) is 6.04 Å². The number of thioether (sulfide) groups is 1. The molecule has 0 bridgehead atoms. The third kappa shape index (κ3) is 5.35.